The molecule has 0 radical (unpaired) electrons. The van der Waals surface area contributed by atoms with E-state index in [-0.39, 0.29) is 0 Å². The predicted molar refractivity (Wildman–Crippen MR) is 94.1 cm³/mol. The van der Waals surface area contributed by atoms with Gasteiger partial charge >= 0.3 is 0 Å². The highest BCUT2D eigenvalue weighted by atomic mass is 15.3. The molecule has 0 amide bonds. The third kappa shape index (κ3) is 2.97. The first kappa shape index (κ1) is 15.1. The van der Waals surface area contributed by atoms with Gasteiger partial charge in [0.25, 0.3) is 0 Å². The zero-order valence-corrected chi connectivity index (χ0v) is 14.0. The molecule has 6 nitrogen and oxygen atoms in total. The second-order valence-electron chi connectivity index (χ2n) is 6.24. The smallest absolute Gasteiger partial charge is 0.225 e. The van der Waals surface area contributed by atoms with Crippen LogP contribution in [0.4, 0.5) is 5.95 Å². The van der Waals surface area contributed by atoms with E-state index in [0.29, 0.717) is 0 Å². The Hall–Kier alpha value is -2.47. The van der Waals surface area contributed by atoms with E-state index in [0.717, 1.165) is 56.4 Å². The fourth-order valence-corrected chi connectivity index (χ4v) is 3.35. The number of imidazole rings is 1. The Morgan fingerprint density at radius 1 is 1.00 bits per heavy atom. The normalized spacial score (nSPS) is 16.5. The first-order valence-corrected chi connectivity index (χ1v) is 8.48. The van der Waals surface area contributed by atoms with E-state index >= 15 is 0 Å². The third-order valence-electron chi connectivity index (χ3n) is 4.63. The van der Waals surface area contributed by atoms with Crippen LogP contribution in [0, 0.1) is 6.92 Å². The SMILES string of the molecule is Cc1nc2ccccn2c1CN1CCCN(c2ncccn2)CC1. The molecule has 3 aromatic rings. The molecule has 1 aliphatic rings. The van der Waals surface area contributed by atoms with Crippen LogP contribution in [0.15, 0.2) is 42.9 Å². The Labute approximate surface area is 141 Å². The quantitative estimate of drug-likeness (QED) is 0.739. The topological polar surface area (TPSA) is 49.6 Å². The summed E-state index contributed by atoms with van der Waals surface area (Å²) in [5.74, 6) is 0.838. The van der Waals surface area contributed by atoms with Crippen molar-refractivity contribution in [3.8, 4) is 0 Å². The molecule has 1 fully saturated rings. The minimum atomic E-state index is 0.838. The van der Waals surface area contributed by atoms with Gasteiger partial charge in [0, 0.05) is 51.3 Å². The van der Waals surface area contributed by atoms with Gasteiger partial charge < -0.3 is 9.30 Å². The lowest BCUT2D eigenvalue weighted by Gasteiger charge is -2.21. The molecule has 1 saturated heterocycles. The van der Waals surface area contributed by atoms with Crippen molar-refractivity contribution < 1.29 is 0 Å². The Morgan fingerprint density at radius 2 is 1.88 bits per heavy atom. The molecule has 0 N–H and O–H groups in total. The van der Waals surface area contributed by atoms with Crippen LogP contribution in [0.5, 0.6) is 0 Å². The first-order valence-electron chi connectivity index (χ1n) is 8.48. The average Bonchev–Trinajstić information content (AvgIpc) is 2.79. The Morgan fingerprint density at radius 3 is 2.75 bits per heavy atom. The molecule has 24 heavy (non-hydrogen) atoms. The largest absolute Gasteiger partial charge is 0.339 e. The number of rotatable bonds is 3. The van der Waals surface area contributed by atoms with Crippen molar-refractivity contribution >= 4 is 11.6 Å². The first-order chi connectivity index (χ1) is 11.8. The van der Waals surface area contributed by atoms with E-state index < -0.39 is 0 Å². The van der Waals surface area contributed by atoms with Crippen LogP contribution in [-0.2, 0) is 6.54 Å². The average molecular weight is 322 g/mol. The minimum absolute atomic E-state index is 0.838. The summed E-state index contributed by atoms with van der Waals surface area (Å²) in [6.07, 6.45) is 6.85. The lowest BCUT2D eigenvalue weighted by atomic mass is 10.3. The molecule has 0 aromatic carbocycles. The van der Waals surface area contributed by atoms with Crippen molar-refractivity contribution in [1.82, 2.24) is 24.3 Å². The van der Waals surface area contributed by atoms with Crippen LogP contribution in [0.1, 0.15) is 17.8 Å². The molecule has 0 atom stereocenters. The zero-order valence-electron chi connectivity index (χ0n) is 14.0. The van der Waals surface area contributed by atoms with E-state index in [2.05, 4.69) is 54.4 Å². The van der Waals surface area contributed by atoms with E-state index in [4.69, 9.17) is 0 Å². The van der Waals surface area contributed by atoms with E-state index in [1.807, 2.05) is 24.5 Å². The van der Waals surface area contributed by atoms with Crippen LogP contribution in [-0.4, -0.2) is 50.4 Å². The zero-order chi connectivity index (χ0) is 16.4. The molecule has 6 heteroatoms. The van der Waals surface area contributed by atoms with Crippen LogP contribution in [0.2, 0.25) is 0 Å². The summed E-state index contributed by atoms with van der Waals surface area (Å²) < 4.78 is 2.21. The fraction of sp³-hybridized carbons (Fsp3) is 0.389. The van der Waals surface area contributed by atoms with Gasteiger partial charge in [-0.25, -0.2) is 15.0 Å². The monoisotopic (exact) mass is 322 g/mol. The maximum Gasteiger partial charge on any atom is 0.225 e. The lowest BCUT2D eigenvalue weighted by Crippen LogP contribution is -2.31. The van der Waals surface area contributed by atoms with Crippen LogP contribution in [0.3, 0.4) is 0 Å². The Bertz CT molecular complexity index is 813. The predicted octanol–water partition coefficient (Wildman–Crippen LogP) is 2.15. The second kappa shape index (κ2) is 6.57. The van der Waals surface area contributed by atoms with Gasteiger partial charge in [0.2, 0.25) is 5.95 Å². The molecule has 0 unspecified atom stereocenters. The van der Waals surface area contributed by atoms with Crippen LogP contribution < -0.4 is 4.90 Å². The van der Waals surface area contributed by atoms with Gasteiger partial charge in [-0.05, 0) is 31.5 Å². The summed E-state index contributed by atoms with van der Waals surface area (Å²) in [6, 6.07) is 8.03. The number of fused-ring (bicyclic) bond motifs is 1. The number of aryl methyl sites for hydroxylation is 1. The highest BCUT2D eigenvalue weighted by Gasteiger charge is 2.19. The van der Waals surface area contributed by atoms with Gasteiger partial charge in [-0.1, -0.05) is 6.07 Å². The molecular weight excluding hydrogens is 300 g/mol. The van der Waals surface area contributed by atoms with Crippen molar-refractivity contribution in [3.63, 3.8) is 0 Å². The number of pyridine rings is 1. The van der Waals surface area contributed by atoms with Crippen LogP contribution >= 0.6 is 0 Å². The maximum atomic E-state index is 4.67. The molecule has 1 aliphatic heterocycles. The summed E-state index contributed by atoms with van der Waals surface area (Å²) in [6.45, 7) is 7.10. The molecule has 124 valence electrons. The van der Waals surface area contributed by atoms with Gasteiger partial charge in [0.05, 0.1) is 11.4 Å². The summed E-state index contributed by atoms with van der Waals surface area (Å²) in [5.41, 5.74) is 3.43. The van der Waals surface area contributed by atoms with Gasteiger partial charge in [0.1, 0.15) is 5.65 Å². The van der Waals surface area contributed by atoms with Crippen LogP contribution in [0.25, 0.3) is 5.65 Å². The second-order valence-corrected chi connectivity index (χ2v) is 6.24. The van der Waals surface area contributed by atoms with Crippen molar-refractivity contribution in [1.29, 1.82) is 0 Å². The Kier molecular flexibility index (Phi) is 4.13. The number of hydrogen-bond donors (Lipinski definition) is 0. The fourth-order valence-electron chi connectivity index (χ4n) is 3.35. The maximum absolute atomic E-state index is 4.67. The summed E-state index contributed by atoms with van der Waals surface area (Å²) >= 11 is 0. The van der Waals surface area contributed by atoms with Crippen molar-refractivity contribution in [2.45, 2.75) is 19.9 Å². The standard InChI is InChI=1S/C18H22N6/c1-15-16(24-11-3-2-6-17(24)21-15)14-22-9-5-10-23(13-12-22)18-19-7-4-8-20-18/h2-4,6-8,11H,5,9-10,12-14H2,1H3. The molecule has 0 bridgehead atoms. The molecule has 4 rings (SSSR count). The summed E-state index contributed by atoms with van der Waals surface area (Å²) in [4.78, 5) is 18.2. The molecule has 4 heterocycles. The highest BCUT2D eigenvalue weighted by molar-refractivity contribution is 5.42. The number of nitrogens with zero attached hydrogens (tertiary/aromatic N) is 6. The highest BCUT2D eigenvalue weighted by Crippen LogP contribution is 2.16. The summed E-state index contributed by atoms with van der Waals surface area (Å²) in [7, 11) is 0. The summed E-state index contributed by atoms with van der Waals surface area (Å²) in [5, 5.41) is 0. The third-order valence-corrected chi connectivity index (χ3v) is 4.63. The van der Waals surface area contributed by atoms with E-state index in [9.17, 15) is 0 Å². The minimum Gasteiger partial charge on any atom is -0.339 e. The van der Waals surface area contributed by atoms with Gasteiger partial charge in [-0.2, -0.15) is 0 Å². The number of anilines is 1. The van der Waals surface area contributed by atoms with E-state index in [1.54, 1.807) is 0 Å². The van der Waals surface area contributed by atoms with Crippen molar-refractivity contribution in [2.75, 3.05) is 31.1 Å². The van der Waals surface area contributed by atoms with Gasteiger partial charge in [-0.3, -0.25) is 4.90 Å². The molecular formula is C18H22N6. The lowest BCUT2D eigenvalue weighted by molar-refractivity contribution is 0.280. The molecule has 0 aliphatic carbocycles. The number of hydrogen-bond acceptors (Lipinski definition) is 5. The molecule has 0 saturated carbocycles. The Balaban J connectivity index is 1.49. The molecule has 3 aromatic heterocycles. The van der Waals surface area contributed by atoms with Gasteiger partial charge in [-0.15, -0.1) is 0 Å². The van der Waals surface area contributed by atoms with Gasteiger partial charge in [0.15, 0.2) is 0 Å². The van der Waals surface area contributed by atoms with E-state index in [1.165, 1.54) is 5.69 Å². The van der Waals surface area contributed by atoms with Crippen molar-refractivity contribution in [3.05, 3.63) is 54.2 Å². The number of aromatic nitrogens is 4. The molecule has 0 spiro atoms. The van der Waals surface area contributed by atoms with Crippen molar-refractivity contribution in [2.24, 2.45) is 0 Å².